The molecule has 0 aliphatic carbocycles. The molecule has 1 unspecified atom stereocenters. The topological polar surface area (TPSA) is 35.2 Å². The van der Waals surface area contributed by atoms with E-state index in [1.807, 2.05) is 12.1 Å². The van der Waals surface area contributed by atoms with Gasteiger partial charge in [-0.05, 0) is 24.6 Å². The molecule has 86 valence electrons. The van der Waals surface area contributed by atoms with Crippen LogP contribution in [-0.2, 0) is 0 Å². The van der Waals surface area contributed by atoms with E-state index in [-0.39, 0.29) is 6.04 Å². The van der Waals surface area contributed by atoms with E-state index in [9.17, 15) is 0 Å². The van der Waals surface area contributed by atoms with Crippen LogP contribution in [-0.4, -0.2) is 13.2 Å². The Kier molecular flexibility index (Phi) is 5.18. The van der Waals surface area contributed by atoms with Crippen molar-refractivity contribution >= 4 is 11.6 Å². The lowest BCUT2D eigenvalue weighted by Gasteiger charge is -2.03. The van der Waals surface area contributed by atoms with Crippen LogP contribution < -0.4 is 10.5 Å². The highest BCUT2D eigenvalue weighted by molar-refractivity contribution is 6.32. The molecule has 2 nitrogen and oxygen atoms in total. The molecule has 0 saturated heterocycles. The summed E-state index contributed by atoms with van der Waals surface area (Å²) in [6.07, 6.45) is 1.96. The van der Waals surface area contributed by atoms with Crippen molar-refractivity contribution in [1.82, 2.24) is 0 Å². The van der Waals surface area contributed by atoms with Gasteiger partial charge in [-0.25, -0.2) is 0 Å². The zero-order chi connectivity index (χ0) is 12.0. The van der Waals surface area contributed by atoms with Crippen LogP contribution in [0, 0.1) is 11.8 Å². The predicted octanol–water partition coefficient (Wildman–Crippen LogP) is 2.83. The largest absolute Gasteiger partial charge is 0.495 e. The first-order valence-electron chi connectivity index (χ1n) is 5.28. The van der Waals surface area contributed by atoms with Crippen LogP contribution in [0.4, 0.5) is 0 Å². The molecule has 0 saturated carbocycles. The van der Waals surface area contributed by atoms with Gasteiger partial charge in [0, 0.05) is 5.56 Å². The van der Waals surface area contributed by atoms with Crippen LogP contribution in [0.2, 0.25) is 5.02 Å². The molecule has 1 rings (SSSR count). The smallest absolute Gasteiger partial charge is 0.138 e. The van der Waals surface area contributed by atoms with E-state index in [1.165, 1.54) is 0 Å². The third-order valence-electron chi connectivity index (χ3n) is 2.15. The van der Waals surface area contributed by atoms with E-state index in [4.69, 9.17) is 22.1 Å². The molecule has 0 amide bonds. The van der Waals surface area contributed by atoms with Crippen molar-refractivity contribution in [3.8, 4) is 17.6 Å². The maximum atomic E-state index is 5.91. The molecule has 0 aliphatic rings. The van der Waals surface area contributed by atoms with Crippen molar-refractivity contribution in [2.45, 2.75) is 25.8 Å². The van der Waals surface area contributed by atoms with Gasteiger partial charge in [0.1, 0.15) is 5.75 Å². The molecule has 1 aromatic rings. The molecule has 3 heteroatoms. The van der Waals surface area contributed by atoms with E-state index < -0.39 is 0 Å². The minimum absolute atomic E-state index is 0.0633. The summed E-state index contributed by atoms with van der Waals surface area (Å²) in [4.78, 5) is 0. The number of rotatable bonds is 3. The van der Waals surface area contributed by atoms with Crippen molar-refractivity contribution < 1.29 is 4.74 Å². The monoisotopic (exact) mass is 237 g/mol. The highest BCUT2D eigenvalue weighted by atomic mass is 35.5. The van der Waals surface area contributed by atoms with Crippen LogP contribution in [0.25, 0.3) is 0 Å². The molecule has 1 aromatic carbocycles. The minimum Gasteiger partial charge on any atom is -0.495 e. The Hall–Kier alpha value is -1.17. The molecule has 0 bridgehead atoms. The lowest BCUT2D eigenvalue weighted by Crippen LogP contribution is -2.16. The first-order chi connectivity index (χ1) is 7.67. The van der Waals surface area contributed by atoms with Crippen LogP contribution >= 0.6 is 11.6 Å². The lowest BCUT2D eigenvalue weighted by molar-refractivity contribution is 0.415. The second-order valence-electron chi connectivity index (χ2n) is 3.51. The van der Waals surface area contributed by atoms with Gasteiger partial charge >= 0.3 is 0 Å². The molecule has 0 aliphatic heterocycles. The Morgan fingerprint density at radius 3 is 2.88 bits per heavy atom. The van der Waals surface area contributed by atoms with Crippen LogP contribution in [0.3, 0.4) is 0 Å². The molecule has 16 heavy (non-hydrogen) atoms. The number of nitrogens with two attached hydrogens (primary N) is 1. The van der Waals surface area contributed by atoms with Gasteiger partial charge in [0.25, 0.3) is 0 Å². The van der Waals surface area contributed by atoms with Gasteiger partial charge in [-0.2, -0.15) is 0 Å². The summed E-state index contributed by atoms with van der Waals surface area (Å²) in [6.45, 7) is 2.09. The van der Waals surface area contributed by atoms with E-state index in [0.717, 1.165) is 18.4 Å². The van der Waals surface area contributed by atoms with Gasteiger partial charge in [0.15, 0.2) is 0 Å². The molecule has 1 atom stereocenters. The van der Waals surface area contributed by atoms with Crippen LogP contribution in [0.1, 0.15) is 25.3 Å². The summed E-state index contributed by atoms with van der Waals surface area (Å²) >= 11 is 5.91. The lowest BCUT2D eigenvalue weighted by atomic mass is 10.1. The molecule has 0 heterocycles. The van der Waals surface area contributed by atoms with Gasteiger partial charge in [-0.15, -0.1) is 0 Å². The minimum atomic E-state index is -0.0633. The zero-order valence-corrected chi connectivity index (χ0v) is 10.3. The van der Waals surface area contributed by atoms with Gasteiger partial charge in [-0.1, -0.05) is 36.8 Å². The highest BCUT2D eigenvalue weighted by Crippen LogP contribution is 2.24. The van der Waals surface area contributed by atoms with Crippen molar-refractivity contribution in [1.29, 1.82) is 0 Å². The molecule has 0 fully saturated rings. The van der Waals surface area contributed by atoms with E-state index in [0.29, 0.717) is 10.8 Å². The van der Waals surface area contributed by atoms with Crippen molar-refractivity contribution in [2.75, 3.05) is 7.11 Å². The fourth-order valence-electron chi connectivity index (χ4n) is 1.30. The van der Waals surface area contributed by atoms with E-state index in [2.05, 4.69) is 18.8 Å². The fraction of sp³-hybridized carbons (Fsp3) is 0.385. The Balaban J connectivity index is 2.81. The summed E-state index contributed by atoms with van der Waals surface area (Å²) < 4.78 is 5.11. The SMILES string of the molecule is CCCC(N)C#Cc1ccc(Cl)c(OC)c1. The van der Waals surface area contributed by atoms with Crippen molar-refractivity contribution in [2.24, 2.45) is 5.73 Å². The van der Waals surface area contributed by atoms with Crippen molar-refractivity contribution in [3.05, 3.63) is 28.8 Å². The highest BCUT2D eigenvalue weighted by Gasteiger charge is 2.00. The van der Waals surface area contributed by atoms with Gasteiger partial charge in [0.05, 0.1) is 18.2 Å². The second-order valence-corrected chi connectivity index (χ2v) is 3.92. The summed E-state index contributed by atoms with van der Waals surface area (Å²) in [5, 5.41) is 0.589. The van der Waals surface area contributed by atoms with Crippen LogP contribution in [0.15, 0.2) is 18.2 Å². The summed E-state index contributed by atoms with van der Waals surface area (Å²) in [7, 11) is 1.58. The number of ether oxygens (including phenoxy) is 1. The molecule has 2 N–H and O–H groups in total. The third kappa shape index (κ3) is 3.77. The molecule has 0 aromatic heterocycles. The Bertz CT molecular complexity index is 406. The molecular weight excluding hydrogens is 222 g/mol. The predicted molar refractivity (Wildman–Crippen MR) is 67.8 cm³/mol. The third-order valence-corrected chi connectivity index (χ3v) is 2.46. The Morgan fingerprint density at radius 1 is 1.50 bits per heavy atom. The quantitative estimate of drug-likeness (QED) is 0.821. The summed E-state index contributed by atoms with van der Waals surface area (Å²) in [6, 6.07) is 5.38. The number of benzene rings is 1. The Labute approximate surface area is 102 Å². The van der Waals surface area contributed by atoms with Crippen LogP contribution in [0.5, 0.6) is 5.75 Å². The number of methoxy groups -OCH3 is 1. The standard InChI is InChI=1S/C13H16ClNO/c1-3-4-11(15)7-5-10-6-8-12(14)13(9-10)16-2/h6,8-9,11H,3-4,15H2,1-2H3. The number of halogens is 1. The number of hydrogen-bond donors (Lipinski definition) is 1. The van der Waals surface area contributed by atoms with Gasteiger partial charge in [0.2, 0.25) is 0 Å². The number of hydrogen-bond acceptors (Lipinski definition) is 2. The second kappa shape index (κ2) is 6.42. The average Bonchev–Trinajstić information content (AvgIpc) is 2.28. The Morgan fingerprint density at radius 2 is 2.25 bits per heavy atom. The van der Waals surface area contributed by atoms with Crippen molar-refractivity contribution in [3.63, 3.8) is 0 Å². The van der Waals surface area contributed by atoms with Gasteiger partial charge < -0.3 is 10.5 Å². The van der Waals surface area contributed by atoms with E-state index in [1.54, 1.807) is 13.2 Å². The first-order valence-corrected chi connectivity index (χ1v) is 5.65. The fourth-order valence-corrected chi connectivity index (χ4v) is 1.49. The summed E-state index contributed by atoms with van der Waals surface area (Å²) in [5.74, 6) is 6.65. The maximum absolute atomic E-state index is 5.91. The average molecular weight is 238 g/mol. The molecule has 0 spiro atoms. The normalized spacial score (nSPS) is 11.5. The zero-order valence-electron chi connectivity index (χ0n) is 9.59. The van der Waals surface area contributed by atoms with E-state index >= 15 is 0 Å². The van der Waals surface area contributed by atoms with Gasteiger partial charge in [-0.3, -0.25) is 0 Å². The molecule has 0 radical (unpaired) electrons. The summed E-state index contributed by atoms with van der Waals surface area (Å²) in [5.41, 5.74) is 6.67. The molecular formula is C13H16ClNO. The maximum Gasteiger partial charge on any atom is 0.138 e. The first kappa shape index (κ1) is 12.9.